The molecule has 4 aliphatic heterocycles. The minimum atomic E-state index is -0.971. The summed E-state index contributed by atoms with van der Waals surface area (Å²) >= 11 is 0. The molecule has 3 saturated heterocycles. The lowest BCUT2D eigenvalue weighted by Crippen LogP contribution is -2.54. The zero-order valence-corrected chi connectivity index (χ0v) is 19.0. The molecule has 0 radical (unpaired) electrons. The molecule has 0 saturated carbocycles. The molecule has 5 rings (SSSR count). The molecule has 2 atom stereocenters. The van der Waals surface area contributed by atoms with Crippen molar-refractivity contribution >= 4 is 29.5 Å². The average molecular weight is 468 g/mol. The number of carbonyl (C=O) groups excluding carboxylic acids is 5. The van der Waals surface area contributed by atoms with Gasteiger partial charge in [-0.05, 0) is 37.4 Å². The Labute approximate surface area is 197 Å². The van der Waals surface area contributed by atoms with Crippen LogP contribution in [0.4, 0.5) is 0 Å². The molecule has 0 spiro atoms. The number of carbonyl (C=O) groups is 5. The van der Waals surface area contributed by atoms with Gasteiger partial charge in [-0.3, -0.25) is 39.1 Å². The van der Waals surface area contributed by atoms with Crippen molar-refractivity contribution in [1.82, 2.24) is 25.3 Å². The Morgan fingerprint density at radius 1 is 1.00 bits per heavy atom. The summed E-state index contributed by atoms with van der Waals surface area (Å²) in [5.41, 5.74) is 1.37. The zero-order valence-electron chi connectivity index (χ0n) is 19.0. The second-order valence-corrected chi connectivity index (χ2v) is 9.43. The van der Waals surface area contributed by atoms with E-state index in [4.69, 9.17) is 0 Å². The molecule has 2 N–H and O–H groups in total. The highest BCUT2D eigenvalue weighted by Crippen LogP contribution is 2.30. The van der Waals surface area contributed by atoms with Crippen molar-refractivity contribution in [1.29, 1.82) is 0 Å². The Balaban J connectivity index is 1.26. The summed E-state index contributed by atoms with van der Waals surface area (Å²) < 4.78 is 0. The Morgan fingerprint density at radius 2 is 1.79 bits per heavy atom. The van der Waals surface area contributed by atoms with Crippen LogP contribution in [0.5, 0.6) is 0 Å². The molecule has 1 aromatic carbocycles. The molecule has 2 unspecified atom stereocenters. The van der Waals surface area contributed by atoms with Gasteiger partial charge in [0.15, 0.2) is 0 Å². The molecule has 34 heavy (non-hydrogen) atoms. The number of rotatable bonds is 4. The Kier molecular flexibility index (Phi) is 6.18. The van der Waals surface area contributed by atoms with Crippen molar-refractivity contribution in [2.24, 2.45) is 5.92 Å². The maximum absolute atomic E-state index is 13.3. The summed E-state index contributed by atoms with van der Waals surface area (Å²) in [7, 11) is 0. The van der Waals surface area contributed by atoms with E-state index in [-0.39, 0.29) is 24.7 Å². The van der Waals surface area contributed by atoms with Gasteiger partial charge < -0.3 is 10.2 Å². The van der Waals surface area contributed by atoms with Crippen LogP contribution in [0.15, 0.2) is 18.2 Å². The number of piperidine rings is 2. The van der Waals surface area contributed by atoms with Crippen molar-refractivity contribution in [2.75, 3.05) is 39.3 Å². The molecular weight excluding hydrogens is 438 g/mol. The average Bonchev–Trinajstić information content (AvgIpc) is 3.10. The predicted octanol–water partition coefficient (Wildman–Crippen LogP) is -0.268. The lowest BCUT2D eigenvalue weighted by Gasteiger charge is -2.37. The van der Waals surface area contributed by atoms with E-state index in [0.29, 0.717) is 43.9 Å². The van der Waals surface area contributed by atoms with Crippen LogP contribution in [-0.2, 0) is 20.9 Å². The number of imide groups is 2. The monoisotopic (exact) mass is 467 g/mol. The number of hydrogen-bond donors (Lipinski definition) is 2. The van der Waals surface area contributed by atoms with Gasteiger partial charge in [0.05, 0.1) is 17.0 Å². The topological polar surface area (TPSA) is 119 Å². The fourth-order valence-electron chi connectivity index (χ4n) is 5.40. The SMILES string of the molecule is O=C1CCC(N2C(=O)c3cccc(CN4CCN(C(=O)C5CCCNC5)CC4)c3C2=O)C(=O)N1. The fourth-order valence-corrected chi connectivity index (χ4v) is 5.40. The van der Waals surface area contributed by atoms with Gasteiger partial charge in [0.1, 0.15) is 6.04 Å². The second-order valence-electron chi connectivity index (χ2n) is 9.43. The number of benzene rings is 1. The Hall–Kier alpha value is -3.11. The maximum atomic E-state index is 13.3. The smallest absolute Gasteiger partial charge is 0.262 e. The molecule has 10 heteroatoms. The molecule has 5 amide bonds. The van der Waals surface area contributed by atoms with E-state index in [1.165, 1.54) is 0 Å². The second kappa shape index (κ2) is 9.27. The van der Waals surface area contributed by atoms with Crippen LogP contribution < -0.4 is 10.6 Å². The minimum Gasteiger partial charge on any atom is -0.340 e. The van der Waals surface area contributed by atoms with Crippen molar-refractivity contribution in [3.8, 4) is 0 Å². The molecule has 10 nitrogen and oxygen atoms in total. The fraction of sp³-hybridized carbons (Fsp3) is 0.542. The van der Waals surface area contributed by atoms with E-state index < -0.39 is 29.7 Å². The van der Waals surface area contributed by atoms with E-state index in [1.54, 1.807) is 12.1 Å². The quantitative estimate of drug-likeness (QED) is 0.585. The molecular formula is C24H29N5O5. The van der Waals surface area contributed by atoms with Crippen LogP contribution >= 0.6 is 0 Å². The van der Waals surface area contributed by atoms with Gasteiger partial charge in [0.25, 0.3) is 11.8 Å². The van der Waals surface area contributed by atoms with Gasteiger partial charge in [-0.15, -0.1) is 0 Å². The largest absolute Gasteiger partial charge is 0.340 e. The van der Waals surface area contributed by atoms with Crippen LogP contribution in [0.1, 0.15) is 52.0 Å². The van der Waals surface area contributed by atoms with Crippen molar-refractivity contribution < 1.29 is 24.0 Å². The summed E-state index contributed by atoms with van der Waals surface area (Å²) in [5, 5.41) is 5.52. The third kappa shape index (κ3) is 4.12. The molecule has 180 valence electrons. The highest BCUT2D eigenvalue weighted by atomic mass is 16.2. The van der Waals surface area contributed by atoms with Crippen LogP contribution in [0.2, 0.25) is 0 Å². The molecule has 0 aliphatic carbocycles. The van der Waals surface area contributed by atoms with Gasteiger partial charge in [-0.2, -0.15) is 0 Å². The number of amides is 5. The lowest BCUT2D eigenvalue weighted by atomic mass is 9.97. The molecule has 1 aromatic rings. The summed E-state index contributed by atoms with van der Waals surface area (Å²) in [6, 6.07) is 4.23. The van der Waals surface area contributed by atoms with E-state index >= 15 is 0 Å². The van der Waals surface area contributed by atoms with E-state index in [9.17, 15) is 24.0 Å². The zero-order chi connectivity index (χ0) is 23.8. The van der Waals surface area contributed by atoms with Gasteiger partial charge in [0.2, 0.25) is 17.7 Å². The highest BCUT2D eigenvalue weighted by molar-refractivity contribution is 6.24. The van der Waals surface area contributed by atoms with Gasteiger partial charge in [0, 0.05) is 45.7 Å². The molecule has 0 bridgehead atoms. The minimum absolute atomic E-state index is 0.0552. The van der Waals surface area contributed by atoms with Crippen molar-refractivity contribution in [3.63, 3.8) is 0 Å². The van der Waals surface area contributed by atoms with Crippen LogP contribution in [-0.4, -0.2) is 89.5 Å². The molecule has 4 heterocycles. The first kappa shape index (κ1) is 22.7. The molecule has 3 fully saturated rings. The van der Waals surface area contributed by atoms with E-state index in [1.807, 2.05) is 11.0 Å². The van der Waals surface area contributed by atoms with Crippen LogP contribution in [0, 0.1) is 5.92 Å². The molecule has 4 aliphatic rings. The first-order valence-electron chi connectivity index (χ1n) is 12.0. The highest BCUT2D eigenvalue weighted by Gasteiger charge is 2.45. The van der Waals surface area contributed by atoms with Gasteiger partial charge >= 0.3 is 0 Å². The third-order valence-corrected chi connectivity index (χ3v) is 7.28. The Bertz CT molecular complexity index is 1040. The summed E-state index contributed by atoms with van der Waals surface area (Å²) in [5.74, 6) is -1.71. The normalized spacial score (nSPS) is 26.0. The van der Waals surface area contributed by atoms with Crippen LogP contribution in [0.3, 0.4) is 0 Å². The lowest BCUT2D eigenvalue weighted by molar-refractivity contribution is -0.138. The van der Waals surface area contributed by atoms with E-state index in [2.05, 4.69) is 15.5 Å². The van der Waals surface area contributed by atoms with Crippen molar-refractivity contribution in [2.45, 2.75) is 38.3 Å². The number of nitrogens with zero attached hydrogens (tertiary/aromatic N) is 3. The van der Waals surface area contributed by atoms with Crippen LogP contribution in [0.25, 0.3) is 0 Å². The predicted molar refractivity (Wildman–Crippen MR) is 121 cm³/mol. The van der Waals surface area contributed by atoms with E-state index in [0.717, 1.165) is 36.4 Å². The van der Waals surface area contributed by atoms with Gasteiger partial charge in [-0.1, -0.05) is 12.1 Å². The van der Waals surface area contributed by atoms with Crippen molar-refractivity contribution in [3.05, 3.63) is 34.9 Å². The standard InChI is InChI=1S/C24H29N5O5/c30-19-7-6-18(21(31)26-19)29-23(33)17-5-1-3-16(20(17)24(29)34)14-27-9-11-28(12-10-27)22(32)15-4-2-8-25-13-15/h1,3,5,15,18,25H,2,4,6-14H2,(H,26,30,31). The van der Waals surface area contributed by atoms with Gasteiger partial charge in [-0.25, -0.2) is 0 Å². The summed E-state index contributed by atoms with van der Waals surface area (Å²) in [6.45, 7) is 4.86. The summed E-state index contributed by atoms with van der Waals surface area (Å²) in [4.78, 5) is 68.0. The first-order valence-corrected chi connectivity index (χ1v) is 12.0. The molecule has 0 aromatic heterocycles. The maximum Gasteiger partial charge on any atom is 0.262 e. The number of fused-ring (bicyclic) bond motifs is 1. The number of piperazine rings is 1. The third-order valence-electron chi connectivity index (χ3n) is 7.28. The summed E-state index contributed by atoms with van der Waals surface area (Å²) in [6.07, 6.45) is 2.19. The number of hydrogen-bond acceptors (Lipinski definition) is 7. The number of nitrogens with one attached hydrogen (secondary N) is 2. The first-order chi connectivity index (χ1) is 16.4. The Morgan fingerprint density at radius 3 is 2.50 bits per heavy atom.